The van der Waals surface area contributed by atoms with Crippen molar-refractivity contribution in [2.24, 2.45) is 0 Å². The summed E-state index contributed by atoms with van der Waals surface area (Å²) >= 11 is 0. The summed E-state index contributed by atoms with van der Waals surface area (Å²) < 4.78 is 19.7. The number of nitrogens with zero attached hydrogens (tertiary/aromatic N) is 3. The fourth-order valence-electron chi connectivity index (χ4n) is 4.45. The molecule has 156 valence electrons. The van der Waals surface area contributed by atoms with E-state index in [2.05, 4.69) is 45.1 Å². The Bertz CT molecular complexity index is 1100. The first-order valence-corrected chi connectivity index (χ1v) is 10.2. The second-order valence-corrected chi connectivity index (χ2v) is 8.30. The average Bonchev–Trinajstić information content (AvgIpc) is 3.36. The lowest BCUT2D eigenvalue weighted by atomic mass is 10.1. The predicted molar refractivity (Wildman–Crippen MR) is 114 cm³/mol. The van der Waals surface area contributed by atoms with Crippen LogP contribution in [0.15, 0.2) is 54.5 Å². The van der Waals surface area contributed by atoms with Gasteiger partial charge in [0.05, 0.1) is 18.5 Å². The third-order valence-corrected chi connectivity index (χ3v) is 5.80. The number of anilines is 1. The van der Waals surface area contributed by atoms with E-state index >= 15 is 0 Å². The van der Waals surface area contributed by atoms with Gasteiger partial charge in [-0.2, -0.15) is 0 Å². The Morgan fingerprint density at radius 3 is 2.70 bits per heavy atom. The number of hydrogen-bond acceptors (Lipinski definition) is 6. The lowest BCUT2D eigenvalue weighted by Crippen LogP contribution is -2.28. The summed E-state index contributed by atoms with van der Waals surface area (Å²) in [6, 6.07) is 10.1. The minimum atomic E-state index is -0.576. The van der Waals surface area contributed by atoms with E-state index in [1.54, 1.807) is 13.4 Å². The molecule has 1 fully saturated rings. The van der Waals surface area contributed by atoms with E-state index in [9.17, 15) is 0 Å². The van der Waals surface area contributed by atoms with Crippen molar-refractivity contribution in [2.45, 2.75) is 51.4 Å². The molecule has 30 heavy (non-hydrogen) atoms. The fraction of sp³-hybridized carbons (Fsp3) is 0.391. The normalized spacial score (nSPS) is 24.7. The van der Waals surface area contributed by atoms with Crippen molar-refractivity contribution in [1.82, 2.24) is 14.5 Å². The first-order chi connectivity index (χ1) is 14.4. The Morgan fingerprint density at radius 1 is 1.13 bits per heavy atom. The molecule has 7 heteroatoms. The average molecular weight is 406 g/mol. The van der Waals surface area contributed by atoms with Gasteiger partial charge in [-0.3, -0.25) is 0 Å². The van der Waals surface area contributed by atoms with Gasteiger partial charge < -0.3 is 24.1 Å². The molecule has 1 aromatic carbocycles. The van der Waals surface area contributed by atoms with Crippen LogP contribution in [0.1, 0.15) is 32.4 Å². The number of methoxy groups -OCH3 is 1. The van der Waals surface area contributed by atoms with Crippen molar-refractivity contribution in [2.75, 3.05) is 12.4 Å². The van der Waals surface area contributed by atoms with E-state index in [-0.39, 0.29) is 18.2 Å². The Kier molecular flexibility index (Phi) is 4.52. The summed E-state index contributed by atoms with van der Waals surface area (Å²) in [7, 11) is 1.67. The van der Waals surface area contributed by atoms with Crippen LogP contribution in [0.2, 0.25) is 0 Å². The largest absolute Gasteiger partial charge is 0.497 e. The van der Waals surface area contributed by atoms with Crippen molar-refractivity contribution in [1.29, 1.82) is 0 Å². The molecule has 1 N–H and O–H groups in total. The van der Waals surface area contributed by atoms with Gasteiger partial charge in [0.2, 0.25) is 0 Å². The lowest BCUT2D eigenvalue weighted by Gasteiger charge is -2.24. The highest BCUT2D eigenvalue weighted by atomic mass is 16.8. The second kappa shape index (κ2) is 7.11. The Hall–Kier alpha value is -2.90. The van der Waals surface area contributed by atoms with Crippen molar-refractivity contribution in [3.8, 4) is 5.75 Å². The van der Waals surface area contributed by atoms with Crippen LogP contribution in [0.25, 0.3) is 11.0 Å². The van der Waals surface area contributed by atoms with Crippen molar-refractivity contribution < 1.29 is 14.2 Å². The SMILES string of the molecule is COc1ccc(CNc2ncnc3c2ccn3[C@@H]2C(C)=C[C@H]3OC(C)(C)O[C@@H]23)cc1. The topological polar surface area (TPSA) is 70.4 Å². The molecule has 2 aromatic heterocycles. The molecule has 0 spiro atoms. The van der Waals surface area contributed by atoms with E-state index in [1.165, 1.54) is 5.57 Å². The molecule has 1 saturated heterocycles. The van der Waals surface area contributed by atoms with Gasteiger partial charge in [-0.05, 0) is 50.1 Å². The van der Waals surface area contributed by atoms with Crippen molar-refractivity contribution >= 4 is 16.9 Å². The number of nitrogens with one attached hydrogen (secondary N) is 1. The van der Waals surface area contributed by atoms with Crippen LogP contribution in [0.3, 0.4) is 0 Å². The van der Waals surface area contributed by atoms with Crippen LogP contribution in [0.5, 0.6) is 5.75 Å². The van der Waals surface area contributed by atoms with Gasteiger partial charge in [0.1, 0.15) is 35.7 Å². The van der Waals surface area contributed by atoms with Gasteiger partial charge in [-0.15, -0.1) is 0 Å². The zero-order valence-corrected chi connectivity index (χ0v) is 17.6. The zero-order valence-electron chi connectivity index (χ0n) is 17.6. The summed E-state index contributed by atoms with van der Waals surface area (Å²) in [5.74, 6) is 1.09. The minimum Gasteiger partial charge on any atom is -0.497 e. The van der Waals surface area contributed by atoms with E-state index in [4.69, 9.17) is 14.2 Å². The van der Waals surface area contributed by atoms with Crippen LogP contribution in [0.4, 0.5) is 5.82 Å². The highest BCUT2D eigenvalue weighted by molar-refractivity contribution is 5.87. The van der Waals surface area contributed by atoms with E-state index in [1.807, 2.05) is 38.1 Å². The number of fused-ring (bicyclic) bond motifs is 2. The lowest BCUT2D eigenvalue weighted by molar-refractivity contribution is -0.147. The smallest absolute Gasteiger partial charge is 0.164 e. The minimum absolute atomic E-state index is 0.0306. The molecule has 1 aliphatic heterocycles. The quantitative estimate of drug-likeness (QED) is 0.644. The number of rotatable bonds is 5. The molecule has 0 radical (unpaired) electrons. The van der Waals surface area contributed by atoms with E-state index in [0.29, 0.717) is 6.54 Å². The first-order valence-electron chi connectivity index (χ1n) is 10.2. The number of benzene rings is 1. The molecule has 0 unspecified atom stereocenters. The van der Waals surface area contributed by atoms with E-state index in [0.717, 1.165) is 28.2 Å². The molecule has 3 heterocycles. The summed E-state index contributed by atoms with van der Waals surface area (Å²) in [4.78, 5) is 9.05. The molecule has 7 nitrogen and oxygen atoms in total. The molecule has 0 saturated carbocycles. The molecule has 0 bridgehead atoms. The third kappa shape index (κ3) is 3.24. The first kappa shape index (κ1) is 19.1. The zero-order chi connectivity index (χ0) is 20.9. The second-order valence-electron chi connectivity index (χ2n) is 8.30. The van der Waals surface area contributed by atoms with Crippen LogP contribution < -0.4 is 10.1 Å². The highest BCUT2D eigenvalue weighted by Gasteiger charge is 2.49. The van der Waals surface area contributed by atoms with Crippen LogP contribution in [-0.4, -0.2) is 39.6 Å². The maximum atomic E-state index is 6.22. The number of aromatic nitrogens is 3. The molecule has 3 aromatic rings. The van der Waals surface area contributed by atoms with Crippen LogP contribution in [-0.2, 0) is 16.0 Å². The standard InChI is InChI=1S/C23H26N4O3/c1-14-11-18-20(30-23(2,3)29-18)19(14)27-10-9-17-21(25-13-26-22(17)27)24-12-15-5-7-16(28-4)8-6-15/h5-11,13,18-20H,12H2,1-4H3,(H,24,25,26)/t18-,19-,20-/m1/s1. The van der Waals surface area contributed by atoms with Gasteiger partial charge in [-0.25, -0.2) is 9.97 Å². The number of hydrogen-bond donors (Lipinski definition) is 1. The van der Waals surface area contributed by atoms with Crippen molar-refractivity contribution in [3.63, 3.8) is 0 Å². The van der Waals surface area contributed by atoms with Gasteiger partial charge in [0.15, 0.2) is 5.79 Å². The molecule has 1 aliphatic carbocycles. The summed E-state index contributed by atoms with van der Waals surface area (Å²) in [5, 5.41) is 4.43. The summed E-state index contributed by atoms with van der Waals surface area (Å²) in [6.45, 7) is 6.71. The van der Waals surface area contributed by atoms with Crippen molar-refractivity contribution in [3.05, 3.63) is 60.1 Å². The molecule has 3 atom stereocenters. The van der Waals surface area contributed by atoms with E-state index < -0.39 is 5.79 Å². The summed E-state index contributed by atoms with van der Waals surface area (Å²) in [5.41, 5.74) is 3.26. The molecular weight excluding hydrogens is 380 g/mol. The Labute approximate surface area is 175 Å². The fourth-order valence-corrected chi connectivity index (χ4v) is 4.45. The molecule has 0 amide bonds. The molecule has 2 aliphatic rings. The predicted octanol–water partition coefficient (Wildman–Crippen LogP) is 4.07. The Morgan fingerprint density at radius 2 is 1.93 bits per heavy atom. The van der Waals surface area contributed by atoms with Gasteiger partial charge in [0, 0.05) is 12.7 Å². The van der Waals surface area contributed by atoms with Gasteiger partial charge >= 0.3 is 0 Å². The van der Waals surface area contributed by atoms with Crippen LogP contribution in [0, 0.1) is 0 Å². The monoisotopic (exact) mass is 406 g/mol. The van der Waals surface area contributed by atoms with Crippen LogP contribution >= 0.6 is 0 Å². The highest BCUT2D eigenvalue weighted by Crippen LogP contribution is 2.44. The third-order valence-electron chi connectivity index (χ3n) is 5.80. The maximum Gasteiger partial charge on any atom is 0.164 e. The van der Waals surface area contributed by atoms with Gasteiger partial charge in [0.25, 0.3) is 0 Å². The number of ether oxygens (including phenoxy) is 3. The maximum absolute atomic E-state index is 6.22. The molecular formula is C23H26N4O3. The summed E-state index contributed by atoms with van der Waals surface area (Å²) in [6.07, 6.45) is 5.76. The van der Waals surface area contributed by atoms with Gasteiger partial charge in [-0.1, -0.05) is 18.2 Å². The molecule has 5 rings (SSSR count). The Balaban J connectivity index is 1.42.